The van der Waals surface area contributed by atoms with Crippen LogP contribution in [-0.2, 0) is 4.74 Å². The molecule has 1 aromatic rings. The number of pyridine rings is 1. The van der Waals surface area contributed by atoms with Crippen molar-refractivity contribution in [3.63, 3.8) is 0 Å². The molecule has 0 spiro atoms. The van der Waals surface area contributed by atoms with E-state index in [0.717, 1.165) is 26.2 Å². The van der Waals surface area contributed by atoms with Crippen molar-refractivity contribution in [1.82, 2.24) is 4.98 Å². The SMILES string of the molecule is O=C(O)c1cnc(NCC2CCOC2)c(Cl)c1. The van der Waals surface area contributed by atoms with Crippen LogP contribution >= 0.6 is 11.6 Å². The Labute approximate surface area is 104 Å². The summed E-state index contributed by atoms with van der Waals surface area (Å²) in [6, 6.07) is 1.39. The molecule has 2 N–H and O–H groups in total. The first-order valence-electron chi connectivity index (χ1n) is 5.37. The van der Waals surface area contributed by atoms with E-state index in [2.05, 4.69) is 10.3 Å². The van der Waals surface area contributed by atoms with E-state index in [1.807, 2.05) is 0 Å². The zero-order valence-electron chi connectivity index (χ0n) is 9.15. The molecule has 1 atom stereocenters. The summed E-state index contributed by atoms with van der Waals surface area (Å²) in [6.45, 7) is 2.28. The zero-order valence-corrected chi connectivity index (χ0v) is 9.91. The number of carboxylic acid groups (broad SMARTS) is 1. The summed E-state index contributed by atoms with van der Waals surface area (Å²) in [7, 11) is 0. The van der Waals surface area contributed by atoms with Crippen LogP contribution in [0.25, 0.3) is 0 Å². The quantitative estimate of drug-likeness (QED) is 0.861. The number of rotatable bonds is 4. The van der Waals surface area contributed by atoms with Crippen molar-refractivity contribution in [3.05, 3.63) is 22.8 Å². The molecule has 0 amide bonds. The third-order valence-corrected chi connectivity index (χ3v) is 2.96. The monoisotopic (exact) mass is 256 g/mol. The van der Waals surface area contributed by atoms with Crippen LogP contribution in [0.5, 0.6) is 0 Å². The van der Waals surface area contributed by atoms with Crippen molar-refractivity contribution in [1.29, 1.82) is 0 Å². The molecule has 1 aliphatic heterocycles. The summed E-state index contributed by atoms with van der Waals surface area (Å²) in [5, 5.41) is 12.2. The van der Waals surface area contributed by atoms with Gasteiger partial charge in [-0.05, 0) is 12.5 Å². The van der Waals surface area contributed by atoms with Crippen LogP contribution in [0, 0.1) is 5.92 Å². The van der Waals surface area contributed by atoms with E-state index in [1.54, 1.807) is 0 Å². The molecule has 6 heteroatoms. The second kappa shape index (κ2) is 5.33. The van der Waals surface area contributed by atoms with Crippen molar-refractivity contribution in [2.75, 3.05) is 25.1 Å². The predicted octanol–water partition coefficient (Wildman–Crippen LogP) is 1.88. The minimum atomic E-state index is -1.03. The van der Waals surface area contributed by atoms with Gasteiger partial charge < -0.3 is 15.2 Å². The smallest absolute Gasteiger partial charge is 0.337 e. The van der Waals surface area contributed by atoms with Gasteiger partial charge >= 0.3 is 5.97 Å². The fourth-order valence-corrected chi connectivity index (χ4v) is 1.90. The third kappa shape index (κ3) is 3.08. The van der Waals surface area contributed by atoms with Gasteiger partial charge in [0.25, 0.3) is 0 Å². The number of halogens is 1. The number of hydrogen-bond acceptors (Lipinski definition) is 4. The molecule has 0 saturated carbocycles. The molecule has 17 heavy (non-hydrogen) atoms. The Kier molecular flexibility index (Phi) is 3.81. The van der Waals surface area contributed by atoms with Gasteiger partial charge in [-0.25, -0.2) is 9.78 Å². The summed E-state index contributed by atoms with van der Waals surface area (Å²) in [4.78, 5) is 14.7. The standard InChI is InChI=1S/C11H13ClN2O3/c12-9-3-8(11(15)16)5-14-10(9)13-4-7-1-2-17-6-7/h3,5,7H,1-2,4,6H2,(H,13,14)(H,15,16). The highest BCUT2D eigenvalue weighted by atomic mass is 35.5. The van der Waals surface area contributed by atoms with Crippen LogP contribution in [-0.4, -0.2) is 35.8 Å². The van der Waals surface area contributed by atoms with E-state index < -0.39 is 5.97 Å². The Hall–Kier alpha value is -1.33. The topological polar surface area (TPSA) is 71.5 Å². The van der Waals surface area contributed by atoms with Gasteiger partial charge in [-0.3, -0.25) is 0 Å². The highest BCUT2D eigenvalue weighted by Crippen LogP contribution is 2.21. The molecular formula is C11H13ClN2O3. The van der Waals surface area contributed by atoms with Crippen LogP contribution < -0.4 is 5.32 Å². The largest absolute Gasteiger partial charge is 0.478 e. The summed E-state index contributed by atoms with van der Waals surface area (Å²) >= 11 is 5.94. The van der Waals surface area contributed by atoms with E-state index in [0.29, 0.717) is 16.8 Å². The van der Waals surface area contributed by atoms with Gasteiger partial charge in [-0.2, -0.15) is 0 Å². The summed E-state index contributed by atoms with van der Waals surface area (Å²) in [5.74, 6) is -0.0503. The minimum Gasteiger partial charge on any atom is -0.478 e. The van der Waals surface area contributed by atoms with E-state index in [4.69, 9.17) is 21.4 Å². The molecule has 1 aromatic heterocycles. The maximum absolute atomic E-state index is 10.7. The van der Waals surface area contributed by atoms with Gasteiger partial charge in [0.05, 0.1) is 17.2 Å². The molecule has 1 aliphatic rings. The lowest BCUT2D eigenvalue weighted by molar-refractivity contribution is 0.0696. The minimum absolute atomic E-state index is 0.0877. The van der Waals surface area contributed by atoms with E-state index in [1.165, 1.54) is 12.3 Å². The maximum atomic E-state index is 10.7. The lowest BCUT2D eigenvalue weighted by Crippen LogP contribution is -2.15. The highest BCUT2D eigenvalue weighted by Gasteiger charge is 2.16. The average molecular weight is 257 g/mol. The summed E-state index contributed by atoms with van der Waals surface area (Å²) < 4.78 is 5.26. The molecule has 92 valence electrons. The normalized spacial score (nSPS) is 19.2. The number of nitrogens with one attached hydrogen (secondary N) is 1. The number of anilines is 1. The van der Waals surface area contributed by atoms with Gasteiger partial charge in [0.1, 0.15) is 5.82 Å². The molecule has 2 rings (SSSR count). The Balaban J connectivity index is 1.98. The molecule has 1 saturated heterocycles. The first kappa shape index (κ1) is 12.1. The summed E-state index contributed by atoms with van der Waals surface area (Å²) in [6.07, 6.45) is 2.32. The van der Waals surface area contributed by atoms with E-state index >= 15 is 0 Å². The van der Waals surface area contributed by atoms with Crippen molar-refractivity contribution in [3.8, 4) is 0 Å². The van der Waals surface area contributed by atoms with Gasteiger partial charge in [-0.1, -0.05) is 11.6 Å². The van der Waals surface area contributed by atoms with Crippen LogP contribution in [0.15, 0.2) is 12.3 Å². The fraction of sp³-hybridized carbons (Fsp3) is 0.455. The Morgan fingerprint density at radius 1 is 1.71 bits per heavy atom. The Bertz CT molecular complexity index is 419. The number of aromatic carboxylic acids is 1. The number of ether oxygens (including phenoxy) is 1. The lowest BCUT2D eigenvalue weighted by atomic mass is 10.1. The molecule has 0 aromatic carbocycles. The number of hydrogen-bond donors (Lipinski definition) is 2. The molecule has 1 unspecified atom stereocenters. The zero-order chi connectivity index (χ0) is 12.3. The van der Waals surface area contributed by atoms with Crippen LogP contribution in [0.1, 0.15) is 16.8 Å². The summed E-state index contributed by atoms with van der Waals surface area (Å²) in [5.41, 5.74) is 0.0877. The molecule has 0 radical (unpaired) electrons. The van der Waals surface area contributed by atoms with Crippen molar-refractivity contribution < 1.29 is 14.6 Å². The number of carboxylic acids is 1. The van der Waals surface area contributed by atoms with E-state index in [-0.39, 0.29) is 5.56 Å². The molecule has 1 fully saturated rings. The highest BCUT2D eigenvalue weighted by molar-refractivity contribution is 6.33. The number of aromatic nitrogens is 1. The van der Waals surface area contributed by atoms with Crippen LogP contribution in [0.3, 0.4) is 0 Å². The van der Waals surface area contributed by atoms with Gasteiger partial charge in [-0.15, -0.1) is 0 Å². The van der Waals surface area contributed by atoms with Crippen molar-refractivity contribution in [2.24, 2.45) is 5.92 Å². The van der Waals surface area contributed by atoms with Crippen molar-refractivity contribution >= 4 is 23.4 Å². The second-order valence-electron chi connectivity index (χ2n) is 3.97. The Morgan fingerprint density at radius 2 is 2.53 bits per heavy atom. The molecule has 0 aliphatic carbocycles. The first-order chi connectivity index (χ1) is 8.16. The fourth-order valence-electron chi connectivity index (χ4n) is 1.67. The molecule has 2 heterocycles. The van der Waals surface area contributed by atoms with E-state index in [9.17, 15) is 4.79 Å². The maximum Gasteiger partial charge on any atom is 0.337 e. The average Bonchev–Trinajstić information content (AvgIpc) is 2.80. The van der Waals surface area contributed by atoms with Gasteiger partial charge in [0.2, 0.25) is 0 Å². The number of nitrogens with zero attached hydrogens (tertiary/aromatic N) is 1. The molecular weight excluding hydrogens is 244 g/mol. The predicted molar refractivity (Wildman–Crippen MR) is 63.6 cm³/mol. The third-order valence-electron chi connectivity index (χ3n) is 2.67. The van der Waals surface area contributed by atoms with Crippen LogP contribution in [0.4, 0.5) is 5.82 Å². The Morgan fingerprint density at radius 3 is 3.12 bits per heavy atom. The molecule has 5 nitrogen and oxygen atoms in total. The van der Waals surface area contributed by atoms with Gasteiger partial charge in [0, 0.05) is 25.3 Å². The number of carbonyl (C=O) groups is 1. The second-order valence-corrected chi connectivity index (χ2v) is 4.38. The van der Waals surface area contributed by atoms with Gasteiger partial charge in [0.15, 0.2) is 0 Å². The molecule has 0 bridgehead atoms. The lowest BCUT2D eigenvalue weighted by Gasteiger charge is -2.11. The first-order valence-corrected chi connectivity index (χ1v) is 5.75. The van der Waals surface area contributed by atoms with Crippen LogP contribution in [0.2, 0.25) is 5.02 Å². The van der Waals surface area contributed by atoms with Crippen molar-refractivity contribution in [2.45, 2.75) is 6.42 Å².